The first-order valence-electron chi connectivity index (χ1n) is 5.87. The summed E-state index contributed by atoms with van der Waals surface area (Å²) >= 11 is 0. The molecule has 1 aromatic rings. The summed E-state index contributed by atoms with van der Waals surface area (Å²) in [6.45, 7) is 6.77. The minimum Gasteiger partial charge on any atom is -0.398 e. The quantitative estimate of drug-likeness (QED) is 0.817. The average Bonchev–Trinajstić information content (AvgIpc) is 2.18. The molecule has 1 aromatic carbocycles. The molecule has 0 atom stereocenters. The number of hydrogen-bond acceptors (Lipinski definition) is 2. The molecule has 0 unspecified atom stereocenters. The number of para-hydroxylation sites is 1. The van der Waals surface area contributed by atoms with Crippen LogP contribution >= 0.6 is 0 Å². The lowest BCUT2D eigenvalue weighted by Crippen LogP contribution is -2.29. The summed E-state index contributed by atoms with van der Waals surface area (Å²) in [5.41, 5.74) is 7.62. The van der Waals surface area contributed by atoms with E-state index in [1.54, 1.807) is 4.90 Å². The first-order valence-corrected chi connectivity index (χ1v) is 5.87. The molecule has 1 amide bonds. The summed E-state index contributed by atoms with van der Waals surface area (Å²) < 4.78 is 0. The molecule has 0 saturated carbocycles. The number of nitrogens with two attached hydrogens (primary N) is 1. The SMILES string of the molecule is CN(Cc1ccccc1N)C(=O)CC(C)(C)C. The van der Waals surface area contributed by atoms with E-state index in [1.807, 2.05) is 31.3 Å². The summed E-state index contributed by atoms with van der Waals surface area (Å²) in [6, 6.07) is 7.65. The van der Waals surface area contributed by atoms with Crippen LogP contribution in [0.4, 0.5) is 5.69 Å². The van der Waals surface area contributed by atoms with E-state index < -0.39 is 0 Å². The number of hydrogen-bond donors (Lipinski definition) is 1. The van der Waals surface area contributed by atoms with Gasteiger partial charge in [0, 0.05) is 25.7 Å². The van der Waals surface area contributed by atoms with E-state index in [4.69, 9.17) is 5.73 Å². The number of anilines is 1. The van der Waals surface area contributed by atoms with Crippen molar-refractivity contribution in [3.63, 3.8) is 0 Å². The molecule has 0 bridgehead atoms. The monoisotopic (exact) mass is 234 g/mol. The maximum Gasteiger partial charge on any atom is 0.223 e. The Morgan fingerprint density at radius 1 is 1.29 bits per heavy atom. The lowest BCUT2D eigenvalue weighted by Gasteiger charge is -2.23. The summed E-state index contributed by atoms with van der Waals surface area (Å²) in [4.78, 5) is 13.7. The second-order valence-electron chi connectivity index (χ2n) is 5.69. The smallest absolute Gasteiger partial charge is 0.223 e. The topological polar surface area (TPSA) is 46.3 Å². The predicted octanol–water partition coefficient (Wildman–Crippen LogP) is 2.66. The van der Waals surface area contributed by atoms with Crippen molar-refractivity contribution in [2.24, 2.45) is 5.41 Å². The lowest BCUT2D eigenvalue weighted by molar-refractivity contribution is -0.132. The van der Waals surface area contributed by atoms with E-state index in [2.05, 4.69) is 20.8 Å². The zero-order chi connectivity index (χ0) is 13.1. The highest BCUT2D eigenvalue weighted by atomic mass is 16.2. The molecule has 2 N–H and O–H groups in total. The zero-order valence-electron chi connectivity index (χ0n) is 11.2. The molecular formula is C14H22N2O. The van der Waals surface area contributed by atoms with Crippen LogP contribution in [-0.2, 0) is 11.3 Å². The van der Waals surface area contributed by atoms with Crippen LogP contribution in [0.1, 0.15) is 32.8 Å². The van der Waals surface area contributed by atoms with E-state index >= 15 is 0 Å². The Balaban J connectivity index is 2.64. The molecule has 0 aromatic heterocycles. The second kappa shape index (κ2) is 5.21. The highest BCUT2D eigenvalue weighted by molar-refractivity contribution is 5.76. The largest absolute Gasteiger partial charge is 0.398 e. The molecule has 0 saturated heterocycles. The van der Waals surface area contributed by atoms with Gasteiger partial charge in [-0.3, -0.25) is 4.79 Å². The molecule has 1 rings (SSSR count). The molecular weight excluding hydrogens is 212 g/mol. The van der Waals surface area contributed by atoms with Crippen LogP contribution in [0.5, 0.6) is 0 Å². The number of rotatable bonds is 3. The normalized spacial score (nSPS) is 11.3. The van der Waals surface area contributed by atoms with Crippen LogP contribution in [-0.4, -0.2) is 17.9 Å². The highest BCUT2D eigenvalue weighted by Crippen LogP contribution is 2.20. The third-order valence-corrected chi connectivity index (χ3v) is 2.57. The maximum absolute atomic E-state index is 12.0. The van der Waals surface area contributed by atoms with Gasteiger partial charge in [-0.05, 0) is 17.0 Å². The van der Waals surface area contributed by atoms with Crippen LogP contribution in [0.3, 0.4) is 0 Å². The fourth-order valence-corrected chi connectivity index (χ4v) is 1.61. The molecule has 3 heteroatoms. The fraction of sp³-hybridized carbons (Fsp3) is 0.500. The van der Waals surface area contributed by atoms with Crippen LogP contribution in [0.15, 0.2) is 24.3 Å². The summed E-state index contributed by atoms with van der Waals surface area (Å²) in [7, 11) is 1.82. The van der Waals surface area contributed by atoms with Crippen molar-refractivity contribution in [2.45, 2.75) is 33.7 Å². The maximum atomic E-state index is 12.0. The number of nitrogens with zero attached hydrogens (tertiary/aromatic N) is 1. The Morgan fingerprint density at radius 3 is 2.41 bits per heavy atom. The van der Waals surface area contributed by atoms with Gasteiger partial charge in [0.1, 0.15) is 0 Å². The number of amides is 1. The Bertz CT molecular complexity index is 393. The second-order valence-corrected chi connectivity index (χ2v) is 5.69. The van der Waals surface area contributed by atoms with E-state index in [1.165, 1.54) is 0 Å². The minimum atomic E-state index is 0.0214. The Labute approximate surface area is 104 Å². The standard InChI is InChI=1S/C14H22N2O/c1-14(2,3)9-13(17)16(4)10-11-7-5-6-8-12(11)15/h5-8H,9-10,15H2,1-4H3. The molecule has 0 radical (unpaired) electrons. The first-order chi connectivity index (χ1) is 7.79. The van der Waals surface area contributed by atoms with Crippen LogP contribution in [0.25, 0.3) is 0 Å². The molecule has 0 spiro atoms. The minimum absolute atomic E-state index is 0.0214. The summed E-state index contributed by atoms with van der Waals surface area (Å²) in [6.07, 6.45) is 0.552. The van der Waals surface area contributed by atoms with Gasteiger partial charge in [0.05, 0.1) is 0 Å². The molecule has 17 heavy (non-hydrogen) atoms. The Kier molecular flexibility index (Phi) is 4.16. The molecule has 0 fully saturated rings. The predicted molar refractivity (Wildman–Crippen MR) is 71.4 cm³/mol. The third kappa shape index (κ3) is 4.47. The zero-order valence-corrected chi connectivity index (χ0v) is 11.2. The number of carbonyl (C=O) groups is 1. The van der Waals surface area contributed by atoms with E-state index in [0.717, 1.165) is 11.3 Å². The van der Waals surface area contributed by atoms with Gasteiger partial charge < -0.3 is 10.6 Å². The van der Waals surface area contributed by atoms with Gasteiger partial charge in [0.15, 0.2) is 0 Å². The Hall–Kier alpha value is -1.51. The van der Waals surface area contributed by atoms with E-state index in [-0.39, 0.29) is 11.3 Å². The summed E-state index contributed by atoms with van der Waals surface area (Å²) in [5, 5.41) is 0. The summed E-state index contributed by atoms with van der Waals surface area (Å²) in [5.74, 6) is 0.153. The molecule has 0 aliphatic rings. The number of carbonyl (C=O) groups excluding carboxylic acids is 1. The first kappa shape index (κ1) is 13.6. The molecule has 0 aliphatic heterocycles. The van der Waals surface area contributed by atoms with Gasteiger partial charge in [-0.25, -0.2) is 0 Å². The van der Waals surface area contributed by atoms with Gasteiger partial charge in [0.25, 0.3) is 0 Å². The van der Waals surface area contributed by atoms with Crippen molar-refractivity contribution in [3.05, 3.63) is 29.8 Å². The van der Waals surface area contributed by atoms with Crippen LogP contribution in [0, 0.1) is 5.41 Å². The van der Waals surface area contributed by atoms with Crippen LogP contribution in [0.2, 0.25) is 0 Å². The van der Waals surface area contributed by atoms with Gasteiger partial charge in [-0.15, -0.1) is 0 Å². The van der Waals surface area contributed by atoms with Crippen molar-refractivity contribution in [2.75, 3.05) is 12.8 Å². The Morgan fingerprint density at radius 2 is 1.88 bits per heavy atom. The van der Waals surface area contributed by atoms with E-state index in [0.29, 0.717) is 13.0 Å². The van der Waals surface area contributed by atoms with Gasteiger partial charge in [-0.1, -0.05) is 39.0 Å². The lowest BCUT2D eigenvalue weighted by atomic mass is 9.91. The van der Waals surface area contributed by atoms with Crippen molar-refractivity contribution in [1.29, 1.82) is 0 Å². The molecule has 94 valence electrons. The third-order valence-electron chi connectivity index (χ3n) is 2.57. The van der Waals surface area contributed by atoms with Gasteiger partial charge in [-0.2, -0.15) is 0 Å². The number of benzene rings is 1. The molecule has 0 aliphatic carbocycles. The highest BCUT2D eigenvalue weighted by Gasteiger charge is 2.19. The van der Waals surface area contributed by atoms with Crippen molar-refractivity contribution < 1.29 is 4.79 Å². The molecule has 0 heterocycles. The molecule has 3 nitrogen and oxygen atoms in total. The van der Waals surface area contributed by atoms with Crippen molar-refractivity contribution in [1.82, 2.24) is 4.90 Å². The van der Waals surface area contributed by atoms with E-state index in [9.17, 15) is 4.79 Å². The van der Waals surface area contributed by atoms with Crippen molar-refractivity contribution >= 4 is 11.6 Å². The van der Waals surface area contributed by atoms with Crippen molar-refractivity contribution in [3.8, 4) is 0 Å². The fourth-order valence-electron chi connectivity index (χ4n) is 1.61. The average molecular weight is 234 g/mol. The number of nitrogen functional groups attached to an aromatic ring is 1. The van der Waals surface area contributed by atoms with Crippen LogP contribution < -0.4 is 5.73 Å². The van der Waals surface area contributed by atoms with Gasteiger partial charge >= 0.3 is 0 Å². The van der Waals surface area contributed by atoms with Gasteiger partial charge in [0.2, 0.25) is 5.91 Å².